The fraction of sp³-hybridized carbons (Fsp3) is 0.294. The van der Waals surface area contributed by atoms with E-state index in [0.717, 1.165) is 28.0 Å². The van der Waals surface area contributed by atoms with Gasteiger partial charge in [0.15, 0.2) is 0 Å². The summed E-state index contributed by atoms with van der Waals surface area (Å²) in [4.78, 5) is 0. The molecule has 21 heavy (non-hydrogen) atoms. The molecule has 0 aliphatic heterocycles. The van der Waals surface area contributed by atoms with Crippen molar-refractivity contribution >= 4 is 15.9 Å². The highest BCUT2D eigenvalue weighted by molar-refractivity contribution is 9.10. The summed E-state index contributed by atoms with van der Waals surface area (Å²) in [6, 6.07) is 14.1. The van der Waals surface area contributed by atoms with Gasteiger partial charge in [-0.15, -0.1) is 0 Å². The van der Waals surface area contributed by atoms with Gasteiger partial charge in [0.2, 0.25) is 0 Å². The van der Waals surface area contributed by atoms with E-state index in [1.807, 2.05) is 37.3 Å². The van der Waals surface area contributed by atoms with E-state index < -0.39 is 0 Å². The molecular formula is C17H20BrNO2. The zero-order valence-corrected chi connectivity index (χ0v) is 13.9. The van der Waals surface area contributed by atoms with Crippen LogP contribution in [0.5, 0.6) is 11.5 Å². The monoisotopic (exact) mass is 349 g/mol. The van der Waals surface area contributed by atoms with Gasteiger partial charge in [-0.3, -0.25) is 0 Å². The fourth-order valence-electron chi connectivity index (χ4n) is 2.04. The van der Waals surface area contributed by atoms with E-state index in [9.17, 15) is 0 Å². The minimum absolute atomic E-state index is 0.171. The average Bonchev–Trinajstić information content (AvgIpc) is 2.47. The third-order valence-corrected chi connectivity index (χ3v) is 3.90. The first-order valence-corrected chi connectivity index (χ1v) is 7.67. The lowest BCUT2D eigenvalue weighted by atomic mass is 10.1. The van der Waals surface area contributed by atoms with Crippen LogP contribution >= 0.6 is 15.9 Å². The van der Waals surface area contributed by atoms with Crippen LogP contribution in [-0.4, -0.2) is 13.2 Å². The van der Waals surface area contributed by atoms with Gasteiger partial charge in [-0.25, -0.2) is 0 Å². The number of benzene rings is 2. The molecule has 0 aromatic heterocycles. The predicted molar refractivity (Wildman–Crippen MR) is 88.8 cm³/mol. The Morgan fingerprint density at radius 2 is 1.76 bits per heavy atom. The Kier molecular flexibility index (Phi) is 5.65. The molecule has 0 amide bonds. The smallest absolute Gasteiger partial charge is 0.119 e. The Hall–Kier alpha value is -1.52. The average molecular weight is 350 g/mol. The summed E-state index contributed by atoms with van der Waals surface area (Å²) in [5, 5.41) is 0. The minimum Gasteiger partial charge on any atom is -0.497 e. The molecule has 112 valence electrons. The van der Waals surface area contributed by atoms with Gasteiger partial charge in [-0.1, -0.05) is 28.1 Å². The quantitative estimate of drug-likeness (QED) is 0.859. The van der Waals surface area contributed by atoms with E-state index in [2.05, 4.69) is 28.1 Å². The maximum atomic E-state index is 5.82. The SMILES string of the molecule is COc1ccc(Br)c(COc2ccc(CC(C)N)cc2)c1. The Morgan fingerprint density at radius 3 is 2.38 bits per heavy atom. The summed E-state index contributed by atoms with van der Waals surface area (Å²) in [5.74, 6) is 1.67. The number of hydrogen-bond donors (Lipinski definition) is 1. The first-order chi connectivity index (χ1) is 10.1. The van der Waals surface area contributed by atoms with Crippen LogP contribution < -0.4 is 15.2 Å². The van der Waals surface area contributed by atoms with Gasteiger partial charge in [-0.2, -0.15) is 0 Å². The van der Waals surface area contributed by atoms with Gasteiger partial charge in [0.1, 0.15) is 18.1 Å². The summed E-state index contributed by atoms with van der Waals surface area (Å²) >= 11 is 3.52. The molecule has 2 aromatic rings. The molecule has 0 aliphatic rings. The van der Waals surface area contributed by atoms with Crippen molar-refractivity contribution in [2.45, 2.75) is 26.0 Å². The molecule has 3 nitrogen and oxygen atoms in total. The lowest BCUT2D eigenvalue weighted by molar-refractivity contribution is 0.304. The molecule has 0 aliphatic carbocycles. The van der Waals surface area contributed by atoms with Crippen LogP contribution in [0.4, 0.5) is 0 Å². The Labute approximate surface area is 134 Å². The number of methoxy groups -OCH3 is 1. The van der Waals surface area contributed by atoms with Crippen molar-refractivity contribution in [3.63, 3.8) is 0 Å². The van der Waals surface area contributed by atoms with E-state index >= 15 is 0 Å². The highest BCUT2D eigenvalue weighted by Crippen LogP contribution is 2.24. The summed E-state index contributed by atoms with van der Waals surface area (Å²) in [6.07, 6.45) is 0.877. The van der Waals surface area contributed by atoms with Crippen molar-refractivity contribution in [1.29, 1.82) is 0 Å². The molecular weight excluding hydrogens is 330 g/mol. The first kappa shape index (κ1) is 15.9. The minimum atomic E-state index is 0.171. The molecule has 1 atom stereocenters. The molecule has 0 saturated heterocycles. The number of rotatable bonds is 6. The van der Waals surface area contributed by atoms with Gasteiger partial charge >= 0.3 is 0 Å². The summed E-state index contributed by atoms with van der Waals surface area (Å²) < 4.78 is 12.1. The van der Waals surface area contributed by atoms with Gasteiger partial charge in [0.05, 0.1) is 7.11 Å². The van der Waals surface area contributed by atoms with Gasteiger partial charge in [-0.05, 0) is 49.2 Å². The van der Waals surface area contributed by atoms with E-state index in [1.165, 1.54) is 5.56 Å². The van der Waals surface area contributed by atoms with Crippen molar-refractivity contribution in [2.24, 2.45) is 5.73 Å². The van der Waals surface area contributed by atoms with E-state index in [-0.39, 0.29) is 6.04 Å². The molecule has 0 saturated carbocycles. The number of ether oxygens (including phenoxy) is 2. The second-order valence-corrected chi connectivity index (χ2v) is 5.93. The number of hydrogen-bond acceptors (Lipinski definition) is 3. The van der Waals surface area contributed by atoms with E-state index in [4.69, 9.17) is 15.2 Å². The maximum absolute atomic E-state index is 5.82. The molecule has 1 unspecified atom stereocenters. The van der Waals surface area contributed by atoms with Gasteiger partial charge in [0.25, 0.3) is 0 Å². The summed E-state index contributed by atoms with van der Waals surface area (Å²) in [7, 11) is 1.66. The van der Waals surface area contributed by atoms with Gasteiger partial charge < -0.3 is 15.2 Å². The van der Waals surface area contributed by atoms with Crippen molar-refractivity contribution in [1.82, 2.24) is 0 Å². The maximum Gasteiger partial charge on any atom is 0.119 e. The summed E-state index contributed by atoms with van der Waals surface area (Å²) in [5.41, 5.74) is 8.06. The lowest BCUT2D eigenvalue weighted by Crippen LogP contribution is -2.17. The molecule has 0 radical (unpaired) electrons. The van der Waals surface area contributed by atoms with Crippen LogP contribution in [0.15, 0.2) is 46.9 Å². The summed E-state index contributed by atoms with van der Waals surface area (Å²) in [6.45, 7) is 2.50. The molecule has 4 heteroatoms. The number of halogens is 1. The highest BCUT2D eigenvalue weighted by atomic mass is 79.9. The van der Waals surface area contributed by atoms with Crippen molar-refractivity contribution in [2.75, 3.05) is 7.11 Å². The van der Waals surface area contributed by atoms with Gasteiger partial charge in [0, 0.05) is 16.1 Å². The molecule has 0 fully saturated rings. The van der Waals surface area contributed by atoms with E-state index in [0.29, 0.717) is 6.61 Å². The molecule has 0 heterocycles. The zero-order valence-electron chi connectivity index (χ0n) is 12.3. The topological polar surface area (TPSA) is 44.5 Å². The highest BCUT2D eigenvalue weighted by Gasteiger charge is 2.04. The Bertz CT molecular complexity index is 582. The molecule has 2 N–H and O–H groups in total. The van der Waals surface area contributed by atoms with E-state index in [1.54, 1.807) is 7.11 Å². The second kappa shape index (κ2) is 7.48. The second-order valence-electron chi connectivity index (χ2n) is 5.07. The Balaban J connectivity index is 1.99. The normalized spacial score (nSPS) is 12.0. The van der Waals surface area contributed by atoms with Crippen LogP contribution in [0.2, 0.25) is 0 Å². The molecule has 2 aromatic carbocycles. The van der Waals surface area contributed by atoms with Crippen molar-refractivity contribution in [3.8, 4) is 11.5 Å². The zero-order chi connectivity index (χ0) is 15.2. The van der Waals surface area contributed by atoms with Crippen LogP contribution in [0.1, 0.15) is 18.1 Å². The van der Waals surface area contributed by atoms with Crippen LogP contribution in [0.25, 0.3) is 0 Å². The van der Waals surface area contributed by atoms with Crippen LogP contribution in [-0.2, 0) is 13.0 Å². The number of nitrogens with two attached hydrogens (primary N) is 1. The van der Waals surface area contributed by atoms with Crippen molar-refractivity contribution in [3.05, 3.63) is 58.1 Å². The molecule has 0 bridgehead atoms. The van der Waals surface area contributed by atoms with Crippen molar-refractivity contribution < 1.29 is 9.47 Å². The molecule has 2 rings (SSSR count). The largest absolute Gasteiger partial charge is 0.497 e. The van der Waals surface area contributed by atoms with Crippen LogP contribution in [0.3, 0.4) is 0 Å². The lowest BCUT2D eigenvalue weighted by Gasteiger charge is -2.11. The third kappa shape index (κ3) is 4.76. The Morgan fingerprint density at radius 1 is 1.10 bits per heavy atom. The predicted octanol–water partition coefficient (Wildman–Crippen LogP) is 3.93. The standard InChI is InChI=1S/C17H20BrNO2/c1-12(19)9-13-3-5-15(6-4-13)21-11-14-10-16(20-2)7-8-17(14)18/h3-8,10,12H,9,11,19H2,1-2H3. The third-order valence-electron chi connectivity index (χ3n) is 3.13. The first-order valence-electron chi connectivity index (χ1n) is 6.88. The molecule has 0 spiro atoms. The van der Waals surface area contributed by atoms with Crippen LogP contribution in [0, 0.1) is 0 Å². The fourth-order valence-corrected chi connectivity index (χ4v) is 2.40.